The van der Waals surface area contributed by atoms with Gasteiger partial charge in [-0.25, -0.2) is 0 Å². The molecule has 2 rings (SSSR count). The van der Waals surface area contributed by atoms with Crippen molar-refractivity contribution in [3.8, 4) is 0 Å². The summed E-state index contributed by atoms with van der Waals surface area (Å²) in [6.07, 6.45) is -8.17. The summed E-state index contributed by atoms with van der Waals surface area (Å²) in [5, 5.41) is 2.28. The number of carbonyl (C=O) groups excluding carboxylic acids is 1. The lowest BCUT2D eigenvalue weighted by molar-refractivity contribution is -0.143. The second-order valence-electron chi connectivity index (χ2n) is 5.51. The zero-order chi connectivity index (χ0) is 17.4. The van der Waals surface area contributed by atoms with E-state index in [1.807, 2.05) is 0 Å². The molecule has 1 saturated carbocycles. The Morgan fingerprint density at radius 2 is 1.57 bits per heavy atom. The third kappa shape index (κ3) is 4.60. The van der Waals surface area contributed by atoms with E-state index in [9.17, 15) is 31.1 Å². The fourth-order valence-corrected chi connectivity index (χ4v) is 2.09. The van der Waals surface area contributed by atoms with Crippen molar-refractivity contribution in [2.45, 2.75) is 31.2 Å². The lowest BCUT2D eigenvalue weighted by atomic mass is 10.0. The summed E-state index contributed by atoms with van der Waals surface area (Å²) in [7, 11) is 0. The Morgan fingerprint density at radius 3 is 1.96 bits per heavy atom. The summed E-state index contributed by atoms with van der Waals surface area (Å²) in [4.78, 5) is 11.8. The summed E-state index contributed by atoms with van der Waals surface area (Å²) in [6, 6.07) is 0.416. The number of nitrogens with two attached hydrogens (primary N) is 1. The van der Waals surface area contributed by atoms with E-state index in [1.165, 1.54) is 0 Å². The van der Waals surface area contributed by atoms with Crippen molar-refractivity contribution < 1.29 is 31.1 Å². The minimum Gasteiger partial charge on any atom is -0.350 e. The maximum Gasteiger partial charge on any atom is 0.416 e. The van der Waals surface area contributed by atoms with Gasteiger partial charge in [0, 0.05) is 18.2 Å². The van der Waals surface area contributed by atoms with Crippen LogP contribution in [-0.4, -0.2) is 18.5 Å². The van der Waals surface area contributed by atoms with Crippen molar-refractivity contribution in [2.24, 2.45) is 11.7 Å². The van der Waals surface area contributed by atoms with Gasteiger partial charge in [-0.3, -0.25) is 4.79 Å². The summed E-state index contributed by atoms with van der Waals surface area (Å²) >= 11 is 0. The summed E-state index contributed by atoms with van der Waals surface area (Å²) in [5.74, 6) is -0.778. The molecule has 1 aromatic carbocycles. The van der Waals surface area contributed by atoms with Crippen LogP contribution in [0.25, 0.3) is 0 Å². The first-order valence-corrected chi connectivity index (χ1v) is 6.82. The van der Waals surface area contributed by atoms with Crippen LogP contribution in [0, 0.1) is 5.92 Å². The number of amides is 1. The van der Waals surface area contributed by atoms with E-state index in [2.05, 4.69) is 5.32 Å². The van der Waals surface area contributed by atoms with Crippen LogP contribution in [-0.2, 0) is 12.4 Å². The molecule has 1 aromatic rings. The van der Waals surface area contributed by atoms with Crippen molar-refractivity contribution in [2.75, 3.05) is 6.54 Å². The molecule has 0 saturated heterocycles. The van der Waals surface area contributed by atoms with Crippen LogP contribution in [0.1, 0.15) is 34.3 Å². The van der Waals surface area contributed by atoms with E-state index >= 15 is 0 Å². The third-order valence-corrected chi connectivity index (χ3v) is 3.58. The van der Waals surface area contributed by atoms with Crippen molar-refractivity contribution in [1.29, 1.82) is 0 Å². The highest BCUT2D eigenvalue weighted by atomic mass is 19.4. The van der Waals surface area contributed by atoms with Crippen LogP contribution >= 0.6 is 0 Å². The second kappa shape index (κ2) is 6.03. The van der Waals surface area contributed by atoms with Crippen molar-refractivity contribution >= 4 is 5.91 Å². The number of rotatable bonds is 4. The average Bonchev–Trinajstić information content (AvgIpc) is 3.26. The highest BCUT2D eigenvalue weighted by Gasteiger charge is 2.37. The van der Waals surface area contributed by atoms with Crippen molar-refractivity contribution in [1.82, 2.24) is 5.32 Å². The van der Waals surface area contributed by atoms with Crippen molar-refractivity contribution in [3.63, 3.8) is 0 Å². The smallest absolute Gasteiger partial charge is 0.350 e. The lowest BCUT2D eigenvalue weighted by Crippen LogP contribution is -2.38. The largest absolute Gasteiger partial charge is 0.416 e. The van der Waals surface area contributed by atoms with Crippen LogP contribution in [0.3, 0.4) is 0 Å². The topological polar surface area (TPSA) is 55.1 Å². The molecule has 3 N–H and O–H groups in total. The zero-order valence-electron chi connectivity index (χ0n) is 11.8. The maximum absolute atomic E-state index is 12.7. The van der Waals surface area contributed by atoms with Gasteiger partial charge in [-0.1, -0.05) is 0 Å². The monoisotopic (exact) mass is 340 g/mol. The molecule has 0 bridgehead atoms. The number of hydrogen-bond acceptors (Lipinski definition) is 2. The predicted octanol–water partition coefficient (Wildman–Crippen LogP) is 3.19. The molecule has 1 atom stereocenters. The van der Waals surface area contributed by atoms with E-state index in [0.29, 0.717) is 12.1 Å². The second-order valence-corrected chi connectivity index (χ2v) is 5.51. The number of benzene rings is 1. The van der Waals surface area contributed by atoms with Crippen LogP contribution < -0.4 is 11.1 Å². The number of carbonyl (C=O) groups is 1. The summed E-state index contributed by atoms with van der Waals surface area (Å²) < 4.78 is 76.3. The SMILES string of the molecule is NC(CNC(=O)c1cc(C(F)(F)F)cc(C(F)(F)F)c1)C1CC1. The number of hydrogen-bond donors (Lipinski definition) is 2. The predicted molar refractivity (Wildman–Crippen MR) is 69.5 cm³/mol. The molecule has 128 valence electrons. The van der Waals surface area contributed by atoms with Gasteiger partial charge in [0.15, 0.2) is 0 Å². The van der Waals surface area contributed by atoms with Gasteiger partial charge in [0.1, 0.15) is 0 Å². The average molecular weight is 340 g/mol. The molecule has 0 heterocycles. The molecule has 9 heteroatoms. The minimum absolute atomic E-state index is 0.00109. The van der Waals surface area contributed by atoms with Crippen LogP contribution in [0.2, 0.25) is 0 Å². The molecule has 1 unspecified atom stereocenters. The fourth-order valence-electron chi connectivity index (χ4n) is 2.09. The van der Waals surface area contributed by atoms with E-state index in [4.69, 9.17) is 5.73 Å². The van der Waals surface area contributed by atoms with Crippen LogP contribution in [0.4, 0.5) is 26.3 Å². The van der Waals surface area contributed by atoms with Crippen LogP contribution in [0.15, 0.2) is 18.2 Å². The highest BCUT2D eigenvalue weighted by molar-refractivity contribution is 5.94. The molecule has 1 amide bonds. The van der Waals surface area contributed by atoms with Gasteiger partial charge < -0.3 is 11.1 Å². The summed E-state index contributed by atoms with van der Waals surface area (Å²) in [5.41, 5.74) is 1.98. The highest BCUT2D eigenvalue weighted by Crippen LogP contribution is 2.36. The van der Waals surface area contributed by atoms with E-state index < -0.39 is 35.0 Å². The van der Waals surface area contributed by atoms with Gasteiger partial charge in [-0.2, -0.15) is 26.3 Å². The molecular formula is C14H14F6N2O. The minimum atomic E-state index is -4.99. The van der Waals surface area contributed by atoms with Gasteiger partial charge in [0.25, 0.3) is 5.91 Å². The van der Waals surface area contributed by atoms with E-state index in [-0.39, 0.29) is 24.6 Å². The molecule has 0 aliphatic heterocycles. The molecular weight excluding hydrogens is 326 g/mol. The first kappa shape index (κ1) is 17.6. The Labute approximate surface area is 127 Å². The Hall–Kier alpha value is -1.77. The molecule has 0 spiro atoms. The van der Waals surface area contributed by atoms with E-state index in [1.54, 1.807) is 0 Å². The molecule has 0 radical (unpaired) electrons. The lowest BCUT2D eigenvalue weighted by Gasteiger charge is -2.15. The molecule has 23 heavy (non-hydrogen) atoms. The Kier molecular flexibility index (Phi) is 4.61. The Bertz CT molecular complexity index is 560. The zero-order valence-corrected chi connectivity index (χ0v) is 11.8. The van der Waals surface area contributed by atoms with Gasteiger partial charge in [-0.05, 0) is 37.0 Å². The van der Waals surface area contributed by atoms with Crippen LogP contribution in [0.5, 0.6) is 0 Å². The number of alkyl halides is 6. The fraction of sp³-hybridized carbons (Fsp3) is 0.500. The first-order chi connectivity index (χ1) is 10.5. The Balaban J connectivity index is 2.23. The van der Waals surface area contributed by atoms with Gasteiger partial charge >= 0.3 is 12.4 Å². The number of nitrogens with one attached hydrogen (secondary N) is 1. The standard InChI is InChI=1S/C14H14F6N2O/c15-13(16,17)9-3-8(4-10(5-9)14(18,19)20)12(23)22-6-11(21)7-1-2-7/h3-5,7,11H,1-2,6,21H2,(H,22,23). The molecule has 1 aliphatic rings. The maximum atomic E-state index is 12.7. The number of halogens is 6. The summed E-state index contributed by atoms with van der Waals surface area (Å²) in [6.45, 7) is 0.00109. The van der Waals surface area contributed by atoms with Gasteiger partial charge in [0.05, 0.1) is 11.1 Å². The quantitative estimate of drug-likeness (QED) is 0.827. The molecule has 1 fully saturated rings. The Morgan fingerprint density at radius 1 is 1.09 bits per heavy atom. The molecule has 3 nitrogen and oxygen atoms in total. The van der Waals surface area contributed by atoms with Gasteiger partial charge in [0.2, 0.25) is 0 Å². The normalized spacial score (nSPS) is 17.0. The van der Waals surface area contributed by atoms with Gasteiger partial charge in [-0.15, -0.1) is 0 Å². The third-order valence-electron chi connectivity index (χ3n) is 3.58. The van der Waals surface area contributed by atoms with Crippen molar-refractivity contribution in [3.05, 3.63) is 34.9 Å². The van der Waals surface area contributed by atoms with E-state index in [0.717, 1.165) is 12.8 Å². The molecule has 1 aliphatic carbocycles. The first-order valence-electron chi connectivity index (χ1n) is 6.82. The molecule has 0 aromatic heterocycles.